The maximum Gasteiger partial charge on any atom is 0.239 e. The number of ether oxygens (including phenoxy) is 1. The fraction of sp³-hybridized carbons (Fsp3) is 0.500. The third-order valence-corrected chi connectivity index (χ3v) is 4.09. The number of aliphatic hydroxyl groups excluding tert-OH is 1. The highest BCUT2D eigenvalue weighted by atomic mass is 32.1. The number of amides is 1. The van der Waals surface area contributed by atoms with Gasteiger partial charge in [-0.15, -0.1) is 11.3 Å². The van der Waals surface area contributed by atoms with Gasteiger partial charge in [0, 0.05) is 25.0 Å². The molecule has 1 fully saturated rings. The van der Waals surface area contributed by atoms with Crippen molar-refractivity contribution < 1.29 is 14.6 Å². The number of morpholine rings is 1. The highest BCUT2D eigenvalue weighted by Gasteiger charge is 2.28. The first-order valence-electron chi connectivity index (χ1n) is 6.46. The molecule has 1 atom stereocenters. The molecule has 1 saturated heterocycles. The lowest BCUT2D eigenvalue weighted by Crippen LogP contribution is -2.52. The molecule has 1 aliphatic rings. The minimum atomic E-state index is -0.233. The molecule has 0 radical (unpaired) electrons. The molecule has 108 valence electrons. The molecular formula is C14H18N2O3S. The van der Waals surface area contributed by atoms with Crippen LogP contribution in [0.4, 0.5) is 0 Å². The molecule has 1 aromatic heterocycles. The number of nitrogens with zero attached hydrogens (tertiary/aromatic N) is 1. The van der Waals surface area contributed by atoms with Crippen molar-refractivity contribution in [3.8, 4) is 11.8 Å². The van der Waals surface area contributed by atoms with Crippen molar-refractivity contribution in [2.45, 2.75) is 12.6 Å². The van der Waals surface area contributed by atoms with E-state index in [-0.39, 0.29) is 18.6 Å². The van der Waals surface area contributed by atoms with Crippen LogP contribution in [-0.2, 0) is 16.1 Å². The predicted molar refractivity (Wildman–Crippen MR) is 77.4 cm³/mol. The monoisotopic (exact) mass is 294 g/mol. The van der Waals surface area contributed by atoms with Gasteiger partial charge >= 0.3 is 0 Å². The van der Waals surface area contributed by atoms with Crippen LogP contribution in [0.3, 0.4) is 0 Å². The summed E-state index contributed by atoms with van der Waals surface area (Å²) in [6.45, 7) is 2.41. The Morgan fingerprint density at radius 1 is 1.65 bits per heavy atom. The molecule has 5 nitrogen and oxygen atoms in total. The van der Waals surface area contributed by atoms with Crippen LogP contribution in [0.25, 0.3) is 0 Å². The smallest absolute Gasteiger partial charge is 0.239 e. The molecule has 20 heavy (non-hydrogen) atoms. The fourth-order valence-corrected chi connectivity index (χ4v) is 3.00. The Labute approximate surface area is 122 Å². The van der Waals surface area contributed by atoms with Crippen LogP contribution in [0.15, 0.2) is 12.1 Å². The molecule has 0 bridgehead atoms. The average Bonchev–Trinajstić information content (AvgIpc) is 2.92. The zero-order valence-corrected chi connectivity index (χ0v) is 12.2. The molecule has 1 aliphatic heterocycles. The second-order valence-corrected chi connectivity index (χ2v) is 5.57. The first-order valence-corrected chi connectivity index (χ1v) is 7.28. The van der Waals surface area contributed by atoms with E-state index in [0.29, 0.717) is 19.8 Å². The Morgan fingerprint density at radius 3 is 3.25 bits per heavy atom. The van der Waals surface area contributed by atoms with E-state index in [4.69, 9.17) is 9.84 Å². The van der Waals surface area contributed by atoms with Gasteiger partial charge in [0.25, 0.3) is 0 Å². The minimum Gasteiger partial charge on any atom is -0.384 e. The summed E-state index contributed by atoms with van der Waals surface area (Å²) >= 11 is 1.59. The Bertz CT molecular complexity index is 518. The normalized spacial score (nSPS) is 19.2. The molecule has 0 spiro atoms. The van der Waals surface area contributed by atoms with Gasteiger partial charge in [0.15, 0.2) is 0 Å². The van der Waals surface area contributed by atoms with Crippen LogP contribution in [0.1, 0.15) is 9.75 Å². The SMILES string of the molecule is CNC(=O)C1COCCN1Cc1ccc(C#CCO)s1. The standard InChI is InChI=1S/C14H18N2O3S/c1-15-14(18)13-10-19-8-6-16(13)9-12-5-4-11(20-12)3-2-7-17/h4-5,13,17H,6-10H2,1H3,(H,15,18). The van der Waals surface area contributed by atoms with Gasteiger partial charge in [-0.1, -0.05) is 11.8 Å². The highest BCUT2D eigenvalue weighted by molar-refractivity contribution is 7.12. The van der Waals surface area contributed by atoms with Crippen LogP contribution in [-0.4, -0.2) is 55.4 Å². The maximum absolute atomic E-state index is 11.8. The Balaban J connectivity index is 2.03. The van der Waals surface area contributed by atoms with E-state index in [0.717, 1.165) is 16.3 Å². The quantitative estimate of drug-likeness (QED) is 0.773. The second kappa shape index (κ2) is 7.41. The van der Waals surface area contributed by atoms with E-state index >= 15 is 0 Å². The summed E-state index contributed by atoms with van der Waals surface area (Å²) in [5.74, 6) is 5.52. The van der Waals surface area contributed by atoms with E-state index < -0.39 is 0 Å². The minimum absolute atomic E-state index is 0.0125. The van der Waals surface area contributed by atoms with Gasteiger partial charge in [-0.05, 0) is 12.1 Å². The fourth-order valence-electron chi connectivity index (χ4n) is 2.09. The number of rotatable bonds is 3. The van der Waals surface area contributed by atoms with Gasteiger partial charge in [-0.25, -0.2) is 0 Å². The molecule has 0 aliphatic carbocycles. The average molecular weight is 294 g/mol. The third-order valence-electron chi connectivity index (χ3n) is 3.10. The van der Waals surface area contributed by atoms with Crippen LogP contribution < -0.4 is 5.32 Å². The summed E-state index contributed by atoms with van der Waals surface area (Å²) in [5.41, 5.74) is 0. The second-order valence-electron chi connectivity index (χ2n) is 4.40. The molecule has 2 heterocycles. The van der Waals surface area contributed by atoms with Gasteiger partial charge in [0.05, 0.1) is 18.1 Å². The molecular weight excluding hydrogens is 276 g/mol. The number of likely N-dealkylation sites (N-methyl/N-ethyl adjacent to an activating group) is 1. The molecule has 0 saturated carbocycles. The summed E-state index contributed by atoms with van der Waals surface area (Å²) in [4.78, 5) is 16.0. The van der Waals surface area contributed by atoms with Gasteiger partial charge in [-0.2, -0.15) is 0 Å². The topological polar surface area (TPSA) is 61.8 Å². The highest BCUT2D eigenvalue weighted by Crippen LogP contribution is 2.20. The van der Waals surface area contributed by atoms with Crippen molar-refractivity contribution in [2.75, 3.05) is 33.4 Å². The summed E-state index contributed by atoms with van der Waals surface area (Å²) < 4.78 is 5.38. The van der Waals surface area contributed by atoms with Gasteiger partial charge < -0.3 is 15.2 Å². The lowest BCUT2D eigenvalue weighted by molar-refractivity contribution is -0.132. The van der Waals surface area contributed by atoms with E-state index in [1.165, 1.54) is 0 Å². The van der Waals surface area contributed by atoms with Crippen molar-refractivity contribution in [2.24, 2.45) is 0 Å². The number of thiophene rings is 1. The largest absolute Gasteiger partial charge is 0.384 e. The molecule has 0 aromatic carbocycles. The Kier molecular flexibility index (Phi) is 5.56. The van der Waals surface area contributed by atoms with E-state index in [2.05, 4.69) is 22.1 Å². The summed E-state index contributed by atoms with van der Waals surface area (Å²) in [6, 6.07) is 3.73. The van der Waals surface area contributed by atoms with E-state index in [1.54, 1.807) is 18.4 Å². The van der Waals surface area contributed by atoms with Gasteiger partial charge in [-0.3, -0.25) is 9.69 Å². The Hall–Kier alpha value is -1.39. The number of nitrogens with one attached hydrogen (secondary N) is 1. The van der Waals surface area contributed by atoms with Crippen LogP contribution >= 0.6 is 11.3 Å². The zero-order valence-electron chi connectivity index (χ0n) is 11.4. The number of aliphatic hydroxyl groups is 1. The number of carbonyl (C=O) groups is 1. The van der Waals surface area contributed by atoms with E-state index in [1.807, 2.05) is 12.1 Å². The number of carbonyl (C=O) groups excluding carboxylic acids is 1. The van der Waals surface area contributed by atoms with Crippen molar-refractivity contribution in [1.29, 1.82) is 0 Å². The molecule has 1 amide bonds. The van der Waals surface area contributed by atoms with Gasteiger partial charge in [0.1, 0.15) is 12.6 Å². The first-order chi connectivity index (χ1) is 9.74. The van der Waals surface area contributed by atoms with Crippen molar-refractivity contribution in [3.63, 3.8) is 0 Å². The number of hydrogen-bond donors (Lipinski definition) is 2. The first kappa shape index (κ1) is 15.0. The summed E-state index contributed by atoms with van der Waals surface area (Å²) in [5, 5.41) is 11.4. The summed E-state index contributed by atoms with van der Waals surface area (Å²) in [7, 11) is 1.64. The lowest BCUT2D eigenvalue weighted by atomic mass is 10.2. The van der Waals surface area contributed by atoms with Gasteiger partial charge in [0.2, 0.25) is 5.91 Å². The third kappa shape index (κ3) is 3.81. The van der Waals surface area contributed by atoms with Crippen LogP contribution in [0.5, 0.6) is 0 Å². The van der Waals surface area contributed by atoms with Crippen LogP contribution in [0.2, 0.25) is 0 Å². The van der Waals surface area contributed by atoms with Crippen molar-refractivity contribution in [3.05, 3.63) is 21.9 Å². The lowest BCUT2D eigenvalue weighted by Gasteiger charge is -2.33. The molecule has 2 rings (SSSR count). The molecule has 1 unspecified atom stereocenters. The number of hydrogen-bond acceptors (Lipinski definition) is 5. The zero-order chi connectivity index (χ0) is 14.4. The maximum atomic E-state index is 11.8. The molecule has 2 N–H and O–H groups in total. The summed E-state index contributed by atoms with van der Waals surface area (Å²) in [6.07, 6.45) is 0. The van der Waals surface area contributed by atoms with Crippen molar-refractivity contribution >= 4 is 17.2 Å². The van der Waals surface area contributed by atoms with Crippen LogP contribution in [0, 0.1) is 11.8 Å². The molecule has 1 aromatic rings. The molecule has 6 heteroatoms. The van der Waals surface area contributed by atoms with Crippen molar-refractivity contribution in [1.82, 2.24) is 10.2 Å². The van der Waals surface area contributed by atoms with E-state index in [9.17, 15) is 4.79 Å². The Morgan fingerprint density at radius 2 is 2.50 bits per heavy atom. The predicted octanol–water partition coefficient (Wildman–Crippen LogP) is 0.0387.